The van der Waals surface area contributed by atoms with Crippen molar-refractivity contribution in [2.45, 2.75) is 13.0 Å². The molecule has 0 saturated heterocycles. The van der Waals surface area contributed by atoms with Gasteiger partial charge in [0.15, 0.2) is 0 Å². The van der Waals surface area contributed by atoms with Gasteiger partial charge in [-0.1, -0.05) is 18.2 Å². The van der Waals surface area contributed by atoms with E-state index in [0.717, 1.165) is 0 Å². The van der Waals surface area contributed by atoms with Gasteiger partial charge in [-0.2, -0.15) is 0 Å². The number of para-hydroxylation sites is 1. The van der Waals surface area contributed by atoms with Gasteiger partial charge >= 0.3 is 6.03 Å². The van der Waals surface area contributed by atoms with Crippen molar-refractivity contribution in [2.24, 2.45) is 5.73 Å². The Bertz CT molecular complexity index is 351. The number of hydrogen-bond donors (Lipinski definition) is 3. The molecule has 0 heterocycles. The van der Waals surface area contributed by atoms with Gasteiger partial charge in [-0.15, -0.1) is 0 Å². The molecule has 0 radical (unpaired) electrons. The first-order chi connectivity index (χ1) is 7.09. The molecule has 80 valence electrons. The SMILES string of the molecule is C[C@H](NC(N)=O)C(=O)Nc1ccccc1. The van der Waals surface area contributed by atoms with E-state index in [1.807, 2.05) is 18.2 Å². The van der Waals surface area contributed by atoms with Gasteiger partial charge in [0.1, 0.15) is 6.04 Å². The summed E-state index contributed by atoms with van der Waals surface area (Å²) in [6.07, 6.45) is 0. The number of rotatable bonds is 3. The standard InChI is InChI=1S/C10H13N3O2/c1-7(12-10(11)15)9(14)13-8-5-3-2-4-6-8/h2-7H,1H3,(H,13,14)(H3,11,12,15)/t7-/m0/s1. The van der Waals surface area contributed by atoms with Crippen LogP contribution in [0.15, 0.2) is 30.3 Å². The molecule has 1 atom stereocenters. The molecule has 5 heteroatoms. The Hall–Kier alpha value is -2.04. The van der Waals surface area contributed by atoms with Gasteiger partial charge in [-0.05, 0) is 19.1 Å². The van der Waals surface area contributed by atoms with E-state index in [0.29, 0.717) is 5.69 Å². The van der Waals surface area contributed by atoms with Crippen molar-refractivity contribution >= 4 is 17.6 Å². The smallest absolute Gasteiger partial charge is 0.312 e. The number of amides is 3. The second-order valence-corrected chi connectivity index (χ2v) is 3.09. The second-order valence-electron chi connectivity index (χ2n) is 3.09. The lowest BCUT2D eigenvalue weighted by Crippen LogP contribution is -2.44. The fourth-order valence-electron chi connectivity index (χ4n) is 1.05. The molecule has 5 nitrogen and oxygen atoms in total. The Morgan fingerprint density at radius 2 is 1.87 bits per heavy atom. The number of primary amides is 1. The summed E-state index contributed by atoms with van der Waals surface area (Å²) in [5, 5.41) is 4.93. The monoisotopic (exact) mass is 207 g/mol. The average molecular weight is 207 g/mol. The first-order valence-electron chi connectivity index (χ1n) is 4.51. The predicted octanol–water partition coefficient (Wildman–Crippen LogP) is 0.682. The molecule has 0 bridgehead atoms. The minimum atomic E-state index is -0.717. The van der Waals surface area contributed by atoms with Crippen molar-refractivity contribution in [3.63, 3.8) is 0 Å². The number of benzene rings is 1. The molecule has 0 aliphatic rings. The van der Waals surface area contributed by atoms with E-state index < -0.39 is 12.1 Å². The van der Waals surface area contributed by atoms with Crippen LogP contribution in [0.4, 0.5) is 10.5 Å². The van der Waals surface area contributed by atoms with E-state index in [9.17, 15) is 9.59 Å². The molecule has 0 spiro atoms. The minimum Gasteiger partial charge on any atom is -0.352 e. The lowest BCUT2D eigenvalue weighted by atomic mass is 10.3. The van der Waals surface area contributed by atoms with Gasteiger partial charge in [-0.25, -0.2) is 4.79 Å². The van der Waals surface area contributed by atoms with Crippen LogP contribution in [0, 0.1) is 0 Å². The molecular weight excluding hydrogens is 194 g/mol. The molecule has 0 aliphatic carbocycles. The molecule has 0 aromatic heterocycles. The molecule has 0 aliphatic heterocycles. The Labute approximate surface area is 87.7 Å². The van der Waals surface area contributed by atoms with Gasteiger partial charge in [0.25, 0.3) is 0 Å². The zero-order valence-electron chi connectivity index (χ0n) is 8.36. The van der Waals surface area contributed by atoms with Crippen LogP contribution in [-0.2, 0) is 4.79 Å². The van der Waals surface area contributed by atoms with Gasteiger partial charge < -0.3 is 16.4 Å². The van der Waals surface area contributed by atoms with Crippen LogP contribution in [-0.4, -0.2) is 18.0 Å². The number of nitrogens with one attached hydrogen (secondary N) is 2. The minimum absolute atomic E-state index is 0.306. The number of carbonyl (C=O) groups is 2. The highest BCUT2D eigenvalue weighted by atomic mass is 16.2. The zero-order chi connectivity index (χ0) is 11.3. The summed E-state index contributed by atoms with van der Waals surface area (Å²) >= 11 is 0. The highest BCUT2D eigenvalue weighted by Crippen LogP contribution is 2.05. The molecule has 1 aromatic rings. The normalized spacial score (nSPS) is 11.5. The maximum atomic E-state index is 11.5. The van der Waals surface area contributed by atoms with Crippen molar-refractivity contribution in [1.82, 2.24) is 5.32 Å². The zero-order valence-corrected chi connectivity index (χ0v) is 8.36. The fraction of sp³-hybridized carbons (Fsp3) is 0.200. The summed E-state index contributed by atoms with van der Waals surface area (Å²) < 4.78 is 0. The van der Waals surface area contributed by atoms with Crippen molar-refractivity contribution in [2.75, 3.05) is 5.32 Å². The number of nitrogens with two attached hydrogens (primary N) is 1. The lowest BCUT2D eigenvalue weighted by Gasteiger charge is -2.12. The van der Waals surface area contributed by atoms with E-state index in [2.05, 4.69) is 10.6 Å². The Morgan fingerprint density at radius 3 is 2.40 bits per heavy atom. The van der Waals surface area contributed by atoms with Gasteiger partial charge in [-0.3, -0.25) is 4.79 Å². The third-order valence-corrected chi connectivity index (χ3v) is 1.79. The highest BCUT2D eigenvalue weighted by molar-refractivity contribution is 5.96. The van der Waals surface area contributed by atoms with Gasteiger partial charge in [0.2, 0.25) is 5.91 Å². The topological polar surface area (TPSA) is 84.2 Å². The molecule has 3 amide bonds. The Balaban J connectivity index is 2.52. The molecule has 1 aromatic carbocycles. The van der Waals surface area contributed by atoms with E-state index in [1.54, 1.807) is 19.1 Å². The fourth-order valence-corrected chi connectivity index (χ4v) is 1.05. The molecule has 4 N–H and O–H groups in total. The largest absolute Gasteiger partial charge is 0.352 e. The third-order valence-electron chi connectivity index (χ3n) is 1.79. The molecular formula is C10H13N3O2. The van der Waals surface area contributed by atoms with Gasteiger partial charge in [0, 0.05) is 5.69 Å². The summed E-state index contributed by atoms with van der Waals surface area (Å²) in [6.45, 7) is 1.56. The summed E-state index contributed by atoms with van der Waals surface area (Å²) in [5.41, 5.74) is 5.58. The van der Waals surface area contributed by atoms with Crippen LogP contribution in [0.1, 0.15) is 6.92 Å². The maximum absolute atomic E-state index is 11.5. The Morgan fingerprint density at radius 1 is 1.27 bits per heavy atom. The van der Waals surface area contributed by atoms with Crippen LogP contribution in [0.2, 0.25) is 0 Å². The van der Waals surface area contributed by atoms with Crippen LogP contribution < -0.4 is 16.4 Å². The van der Waals surface area contributed by atoms with E-state index in [1.165, 1.54) is 0 Å². The third kappa shape index (κ3) is 3.68. The summed E-state index contributed by atoms with van der Waals surface area (Å²) in [6, 6.07) is 7.61. The first kappa shape index (κ1) is 11.0. The highest BCUT2D eigenvalue weighted by Gasteiger charge is 2.13. The number of hydrogen-bond acceptors (Lipinski definition) is 2. The summed E-state index contributed by atoms with van der Waals surface area (Å²) in [7, 11) is 0. The Kier molecular flexibility index (Phi) is 3.68. The quantitative estimate of drug-likeness (QED) is 0.681. The summed E-state index contributed by atoms with van der Waals surface area (Å²) in [4.78, 5) is 22.0. The molecule has 15 heavy (non-hydrogen) atoms. The van der Waals surface area contributed by atoms with Crippen molar-refractivity contribution in [3.8, 4) is 0 Å². The number of anilines is 1. The molecule has 0 saturated carbocycles. The summed E-state index contributed by atoms with van der Waals surface area (Å²) in [5.74, 6) is -0.306. The van der Waals surface area contributed by atoms with Crippen LogP contribution >= 0.6 is 0 Å². The number of carbonyl (C=O) groups excluding carboxylic acids is 2. The van der Waals surface area contributed by atoms with E-state index >= 15 is 0 Å². The molecule has 0 fully saturated rings. The maximum Gasteiger partial charge on any atom is 0.312 e. The molecule has 1 rings (SSSR count). The first-order valence-corrected chi connectivity index (χ1v) is 4.51. The lowest BCUT2D eigenvalue weighted by molar-refractivity contribution is -0.117. The van der Waals surface area contributed by atoms with Crippen molar-refractivity contribution in [1.29, 1.82) is 0 Å². The van der Waals surface area contributed by atoms with E-state index in [-0.39, 0.29) is 5.91 Å². The van der Waals surface area contributed by atoms with Crippen LogP contribution in [0.25, 0.3) is 0 Å². The second kappa shape index (κ2) is 4.99. The predicted molar refractivity (Wildman–Crippen MR) is 57.3 cm³/mol. The average Bonchev–Trinajstić information content (AvgIpc) is 2.18. The van der Waals surface area contributed by atoms with Crippen molar-refractivity contribution < 1.29 is 9.59 Å². The van der Waals surface area contributed by atoms with Crippen LogP contribution in [0.5, 0.6) is 0 Å². The van der Waals surface area contributed by atoms with Crippen molar-refractivity contribution in [3.05, 3.63) is 30.3 Å². The molecule has 0 unspecified atom stereocenters. The number of urea groups is 1. The van der Waals surface area contributed by atoms with Crippen LogP contribution in [0.3, 0.4) is 0 Å². The van der Waals surface area contributed by atoms with E-state index in [4.69, 9.17) is 5.73 Å². The van der Waals surface area contributed by atoms with Gasteiger partial charge in [0.05, 0.1) is 0 Å².